The Morgan fingerprint density at radius 2 is 2.05 bits per heavy atom. The lowest BCUT2D eigenvalue weighted by Gasteiger charge is -2.22. The van der Waals surface area contributed by atoms with E-state index in [0.29, 0.717) is 6.42 Å². The fourth-order valence-corrected chi connectivity index (χ4v) is 2.80. The molecule has 0 saturated heterocycles. The van der Waals surface area contributed by atoms with Gasteiger partial charge in [-0.1, -0.05) is 38.5 Å². The molecule has 3 heteroatoms. The van der Waals surface area contributed by atoms with E-state index in [2.05, 4.69) is 36.9 Å². The van der Waals surface area contributed by atoms with E-state index in [1.807, 2.05) is 11.0 Å². The van der Waals surface area contributed by atoms with Gasteiger partial charge in [0.15, 0.2) is 0 Å². The zero-order valence-corrected chi connectivity index (χ0v) is 12.8. The number of rotatable bonds is 7. The maximum Gasteiger partial charge on any atom is 0.228 e. The fourth-order valence-electron chi connectivity index (χ4n) is 2.80. The highest BCUT2D eigenvalue weighted by Gasteiger charge is 2.23. The molecule has 0 radical (unpaired) electrons. The largest absolute Gasteiger partial charge is 0.312 e. The Labute approximate surface area is 122 Å². The Kier molecular flexibility index (Phi) is 5.60. The van der Waals surface area contributed by atoms with Crippen molar-refractivity contribution < 1.29 is 4.79 Å². The average Bonchev–Trinajstić information content (AvgIpc) is 2.91. The second kappa shape index (κ2) is 7.44. The molecule has 0 saturated carbocycles. The molecule has 0 bridgehead atoms. The normalized spacial score (nSPS) is 13.8. The Bertz CT molecular complexity index is 444. The third-order valence-corrected chi connectivity index (χ3v) is 4.11. The maximum absolute atomic E-state index is 12.4. The van der Waals surface area contributed by atoms with Gasteiger partial charge in [-0.2, -0.15) is 0 Å². The second-order valence-corrected chi connectivity index (χ2v) is 5.46. The number of carbonyl (C=O) groups excluding carboxylic acids is 1. The fraction of sp³-hybridized carbons (Fsp3) is 0.588. The SMILES string of the molecule is CCCCN(CC)CCC(=O)N1CCc2ccccc21. The highest BCUT2D eigenvalue weighted by atomic mass is 16.2. The predicted molar refractivity (Wildman–Crippen MR) is 84.1 cm³/mol. The van der Waals surface area contributed by atoms with Gasteiger partial charge in [0.05, 0.1) is 0 Å². The van der Waals surface area contributed by atoms with E-state index in [0.717, 1.165) is 38.3 Å². The zero-order chi connectivity index (χ0) is 14.4. The minimum atomic E-state index is 0.268. The summed E-state index contributed by atoms with van der Waals surface area (Å²) in [6.45, 7) is 8.25. The van der Waals surface area contributed by atoms with Crippen molar-refractivity contribution in [3.8, 4) is 0 Å². The summed E-state index contributed by atoms with van der Waals surface area (Å²) < 4.78 is 0. The first-order chi connectivity index (χ1) is 9.76. The molecule has 0 fully saturated rings. The van der Waals surface area contributed by atoms with E-state index in [1.54, 1.807) is 0 Å². The van der Waals surface area contributed by atoms with Gasteiger partial charge in [-0.3, -0.25) is 4.79 Å². The molecule has 1 heterocycles. The standard InChI is InChI=1S/C17H26N2O/c1-3-5-12-18(4-2)13-11-17(20)19-14-10-15-8-6-7-9-16(15)19/h6-9H,3-5,10-14H2,1-2H3. The third-order valence-electron chi connectivity index (χ3n) is 4.11. The zero-order valence-electron chi connectivity index (χ0n) is 12.8. The van der Waals surface area contributed by atoms with Crippen molar-refractivity contribution in [3.63, 3.8) is 0 Å². The van der Waals surface area contributed by atoms with Crippen molar-refractivity contribution >= 4 is 11.6 Å². The van der Waals surface area contributed by atoms with Gasteiger partial charge >= 0.3 is 0 Å². The molecule has 0 aliphatic carbocycles. The Morgan fingerprint density at radius 1 is 1.25 bits per heavy atom. The van der Waals surface area contributed by atoms with Gasteiger partial charge in [-0.25, -0.2) is 0 Å². The van der Waals surface area contributed by atoms with Crippen LogP contribution in [-0.2, 0) is 11.2 Å². The predicted octanol–water partition coefficient (Wildman–Crippen LogP) is 3.09. The van der Waals surface area contributed by atoms with E-state index in [1.165, 1.54) is 18.4 Å². The smallest absolute Gasteiger partial charge is 0.228 e. The van der Waals surface area contributed by atoms with Crippen LogP contribution in [0.5, 0.6) is 0 Å². The van der Waals surface area contributed by atoms with Gasteiger partial charge in [0.2, 0.25) is 5.91 Å². The van der Waals surface area contributed by atoms with Crippen LogP contribution in [0.2, 0.25) is 0 Å². The number of carbonyl (C=O) groups is 1. The molecule has 0 spiro atoms. The third kappa shape index (κ3) is 3.60. The molecule has 1 aromatic rings. The van der Waals surface area contributed by atoms with Crippen molar-refractivity contribution in [2.45, 2.75) is 39.5 Å². The van der Waals surface area contributed by atoms with E-state index in [9.17, 15) is 4.79 Å². The number of nitrogens with zero attached hydrogens (tertiary/aromatic N) is 2. The molecule has 0 aromatic heterocycles. The van der Waals surface area contributed by atoms with E-state index in [-0.39, 0.29) is 5.91 Å². The van der Waals surface area contributed by atoms with Gasteiger partial charge in [-0.15, -0.1) is 0 Å². The van der Waals surface area contributed by atoms with Gasteiger partial charge in [0.1, 0.15) is 0 Å². The molecule has 1 aliphatic rings. The van der Waals surface area contributed by atoms with Gasteiger partial charge < -0.3 is 9.80 Å². The number of para-hydroxylation sites is 1. The van der Waals surface area contributed by atoms with Crippen LogP contribution in [0.4, 0.5) is 5.69 Å². The molecule has 1 aromatic carbocycles. The first-order valence-corrected chi connectivity index (χ1v) is 7.86. The average molecular weight is 274 g/mol. The Balaban J connectivity index is 1.87. The number of amides is 1. The lowest BCUT2D eigenvalue weighted by molar-refractivity contribution is -0.118. The summed E-state index contributed by atoms with van der Waals surface area (Å²) in [5.41, 5.74) is 2.42. The molecular formula is C17H26N2O. The van der Waals surface area contributed by atoms with Gasteiger partial charge in [0.25, 0.3) is 0 Å². The number of fused-ring (bicyclic) bond motifs is 1. The van der Waals surface area contributed by atoms with Crippen LogP contribution >= 0.6 is 0 Å². The molecule has 20 heavy (non-hydrogen) atoms. The van der Waals surface area contributed by atoms with Crippen LogP contribution in [0.25, 0.3) is 0 Å². The minimum Gasteiger partial charge on any atom is -0.312 e. The summed E-state index contributed by atoms with van der Waals surface area (Å²) >= 11 is 0. The van der Waals surface area contributed by atoms with E-state index >= 15 is 0 Å². The van der Waals surface area contributed by atoms with Crippen LogP contribution < -0.4 is 4.90 Å². The van der Waals surface area contributed by atoms with Crippen molar-refractivity contribution in [2.24, 2.45) is 0 Å². The minimum absolute atomic E-state index is 0.268. The molecular weight excluding hydrogens is 248 g/mol. The first-order valence-electron chi connectivity index (χ1n) is 7.86. The number of hydrogen-bond acceptors (Lipinski definition) is 2. The molecule has 2 rings (SSSR count). The topological polar surface area (TPSA) is 23.6 Å². The van der Waals surface area contributed by atoms with Crippen molar-refractivity contribution in [1.29, 1.82) is 0 Å². The first kappa shape index (κ1) is 15.0. The molecule has 0 unspecified atom stereocenters. The number of unbranched alkanes of at least 4 members (excludes halogenated alkanes) is 1. The molecule has 0 atom stereocenters. The van der Waals surface area contributed by atoms with Crippen LogP contribution in [0.1, 0.15) is 38.7 Å². The molecule has 1 aliphatic heterocycles. The molecule has 0 N–H and O–H groups in total. The quantitative estimate of drug-likeness (QED) is 0.763. The summed E-state index contributed by atoms with van der Waals surface area (Å²) in [7, 11) is 0. The Morgan fingerprint density at radius 3 is 2.80 bits per heavy atom. The van der Waals surface area contributed by atoms with E-state index in [4.69, 9.17) is 0 Å². The summed E-state index contributed by atoms with van der Waals surface area (Å²) in [6.07, 6.45) is 4.06. The van der Waals surface area contributed by atoms with Crippen LogP contribution in [0.15, 0.2) is 24.3 Å². The summed E-state index contributed by atoms with van der Waals surface area (Å²) in [4.78, 5) is 16.7. The van der Waals surface area contributed by atoms with Crippen LogP contribution in [-0.4, -0.2) is 37.0 Å². The number of hydrogen-bond donors (Lipinski definition) is 0. The van der Waals surface area contributed by atoms with Crippen molar-refractivity contribution in [3.05, 3.63) is 29.8 Å². The molecule has 110 valence electrons. The second-order valence-electron chi connectivity index (χ2n) is 5.46. The highest BCUT2D eigenvalue weighted by Crippen LogP contribution is 2.27. The monoisotopic (exact) mass is 274 g/mol. The maximum atomic E-state index is 12.4. The van der Waals surface area contributed by atoms with Crippen LogP contribution in [0.3, 0.4) is 0 Å². The van der Waals surface area contributed by atoms with Crippen LogP contribution in [0, 0.1) is 0 Å². The van der Waals surface area contributed by atoms with Gasteiger partial charge in [-0.05, 0) is 37.6 Å². The van der Waals surface area contributed by atoms with Crippen molar-refractivity contribution in [2.75, 3.05) is 31.1 Å². The summed E-state index contributed by atoms with van der Waals surface area (Å²) in [6, 6.07) is 8.26. The number of anilines is 1. The van der Waals surface area contributed by atoms with E-state index < -0.39 is 0 Å². The summed E-state index contributed by atoms with van der Waals surface area (Å²) in [5, 5.41) is 0. The Hall–Kier alpha value is -1.35. The van der Waals surface area contributed by atoms with Gasteiger partial charge in [0, 0.05) is 25.2 Å². The lowest BCUT2D eigenvalue weighted by Crippen LogP contribution is -2.34. The van der Waals surface area contributed by atoms with Crippen molar-refractivity contribution in [1.82, 2.24) is 4.90 Å². The lowest BCUT2D eigenvalue weighted by atomic mass is 10.2. The molecule has 1 amide bonds. The highest BCUT2D eigenvalue weighted by molar-refractivity contribution is 5.95. The molecule has 3 nitrogen and oxygen atoms in total. The summed E-state index contributed by atoms with van der Waals surface area (Å²) in [5.74, 6) is 0.268. The number of benzene rings is 1.